The molecule has 0 aromatic heterocycles. The summed E-state index contributed by atoms with van der Waals surface area (Å²) in [6, 6.07) is 2.27. The van der Waals surface area contributed by atoms with Crippen molar-refractivity contribution >= 4 is 17.6 Å². The third-order valence-electron chi connectivity index (χ3n) is 2.54. The van der Waals surface area contributed by atoms with Crippen LogP contribution in [0.5, 0.6) is 11.5 Å². The molecule has 0 aliphatic heterocycles. The number of hydrogen-bond acceptors (Lipinski definition) is 4. The Morgan fingerprint density at radius 2 is 2.21 bits per heavy atom. The molecule has 1 unspecified atom stereocenters. The molecule has 0 spiro atoms. The summed E-state index contributed by atoms with van der Waals surface area (Å²) < 4.78 is 10.2. The Morgan fingerprint density at radius 1 is 1.53 bits per heavy atom. The van der Waals surface area contributed by atoms with Crippen LogP contribution < -0.4 is 14.8 Å². The van der Waals surface area contributed by atoms with Crippen LogP contribution in [0.25, 0.3) is 0 Å². The lowest BCUT2D eigenvalue weighted by Gasteiger charge is -2.18. The number of rotatable bonds is 7. The lowest BCUT2D eigenvalue weighted by atomic mass is 10.1. The standard InChI is InChI=1S/C13H16ClNO4/c1-4-7-15-11(13(16)17)8-5-6-9(18-2)12(19-3)10(8)14/h4-6,11,15H,1,7H2,2-3H3,(H,16,17). The Balaban J connectivity index is 3.23. The van der Waals surface area contributed by atoms with Gasteiger partial charge in [0.2, 0.25) is 0 Å². The van der Waals surface area contributed by atoms with E-state index in [0.717, 1.165) is 0 Å². The van der Waals surface area contributed by atoms with Gasteiger partial charge in [-0.2, -0.15) is 0 Å². The van der Waals surface area contributed by atoms with Gasteiger partial charge in [0.25, 0.3) is 0 Å². The van der Waals surface area contributed by atoms with Gasteiger partial charge in [0, 0.05) is 12.1 Å². The van der Waals surface area contributed by atoms with Gasteiger partial charge in [0.15, 0.2) is 11.5 Å². The molecule has 0 aliphatic rings. The molecule has 1 aromatic carbocycles. The number of ether oxygens (including phenoxy) is 2. The van der Waals surface area contributed by atoms with E-state index in [4.69, 9.17) is 21.1 Å². The second-order valence-electron chi connectivity index (χ2n) is 3.67. The highest BCUT2D eigenvalue weighted by Crippen LogP contribution is 2.39. The van der Waals surface area contributed by atoms with Gasteiger partial charge in [-0.05, 0) is 6.07 Å². The number of methoxy groups -OCH3 is 2. The zero-order valence-electron chi connectivity index (χ0n) is 10.8. The van der Waals surface area contributed by atoms with Crippen LogP contribution in [0.1, 0.15) is 11.6 Å². The average Bonchev–Trinajstić information content (AvgIpc) is 2.39. The fourth-order valence-corrected chi connectivity index (χ4v) is 2.00. The topological polar surface area (TPSA) is 67.8 Å². The number of nitrogens with one attached hydrogen (secondary N) is 1. The Labute approximate surface area is 116 Å². The highest BCUT2D eigenvalue weighted by molar-refractivity contribution is 6.33. The smallest absolute Gasteiger partial charge is 0.325 e. The molecule has 5 nitrogen and oxygen atoms in total. The molecule has 0 radical (unpaired) electrons. The van der Waals surface area contributed by atoms with E-state index in [1.807, 2.05) is 0 Å². The minimum atomic E-state index is -1.03. The van der Waals surface area contributed by atoms with Gasteiger partial charge in [-0.15, -0.1) is 6.58 Å². The van der Waals surface area contributed by atoms with E-state index in [2.05, 4.69) is 11.9 Å². The summed E-state index contributed by atoms with van der Waals surface area (Å²) in [5.74, 6) is -0.270. The summed E-state index contributed by atoms with van der Waals surface area (Å²) in [5.41, 5.74) is 0.411. The zero-order valence-corrected chi connectivity index (χ0v) is 11.5. The minimum absolute atomic E-state index is 0.214. The fourth-order valence-electron chi connectivity index (χ4n) is 1.66. The van der Waals surface area contributed by atoms with Gasteiger partial charge in [-0.25, -0.2) is 0 Å². The van der Waals surface area contributed by atoms with Crippen molar-refractivity contribution in [1.29, 1.82) is 0 Å². The third-order valence-corrected chi connectivity index (χ3v) is 2.93. The highest BCUT2D eigenvalue weighted by atomic mass is 35.5. The second-order valence-corrected chi connectivity index (χ2v) is 4.05. The highest BCUT2D eigenvalue weighted by Gasteiger charge is 2.24. The van der Waals surface area contributed by atoms with Crippen molar-refractivity contribution in [2.45, 2.75) is 6.04 Å². The monoisotopic (exact) mass is 285 g/mol. The lowest BCUT2D eigenvalue weighted by Crippen LogP contribution is -2.28. The molecule has 1 aromatic rings. The molecule has 0 bridgehead atoms. The van der Waals surface area contributed by atoms with Crippen LogP contribution in [-0.2, 0) is 4.79 Å². The van der Waals surface area contributed by atoms with Gasteiger partial charge in [-0.3, -0.25) is 10.1 Å². The zero-order chi connectivity index (χ0) is 14.4. The van der Waals surface area contributed by atoms with Crippen LogP contribution in [0, 0.1) is 0 Å². The molecule has 1 rings (SSSR count). The molecule has 104 valence electrons. The lowest BCUT2D eigenvalue weighted by molar-refractivity contribution is -0.139. The maximum Gasteiger partial charge on any atom is 0.325 e. The van der Waals surface area contributed by atoms with Gasteiger partial charge in [0.1, 0.15) is 6.04 Å². The molecule has 19 heavy (non-hydrogen) atoms. The number of halogens is 1. The quantitative estimate of drug-likeness (QED) is 0.752. The molecule has 0 aliphatic carbocycles. The molecule has 2 N–H and O–H groups in total. The van der Waals surface area contributed by atoms with Crippen molar-refractivity contribution in [1.82, 2.24) is 5.32 Å². The predicted molar refractivity (Wildman–Crippen MR) is 73.1 cm³/mol. The Kier molecular flexibility index (Phi) is 5.66. The van der Waals surface area contributed by atoms with E-state index in [1.165, 1.54) is 14.2 Å². The summed E-state index contributed by atoms with van der Waals surface area (Å²) in [6.45, 7) is 3.88. The van der Waals surface area contributed by atoms with E-state index < -0.39 is 12.0 Å². The van der Waals surface area contributed by atoms with Crippen LogP contribution >= 0.6 is 11.6 Å². The van der Waals surface area contributed by atoms with Crippen LogP contribution in [0.15, 0.2) is 24.8 Å². The number of aliphatic carboxylic acids is 1. The van der Waals surface area contributed by atoms with E-state index in [9.17, 15) is 9.90 Å². The van der Waals surface area contributed by atoms with E-state index in [-0.39, 0.29) is 5.02 Å². The van der Waals surface area contributed by atoms with E-state index in [1.54, 1.807) is 18.2 Å². The van der Waals surface area contributed by atoms with Crippen molar-refractivity contribution in [3.63, 3.8) is 0 Å². The Hall–Kier alpha value is -1.72. The maximum absolute atomic E-state index is 11.3. The number of carboxylic acid groups (broad SMARTS) is 1. The van der Waals surface area contributed by atoms with Crippen molar-refractivity contribution in [2.24, 2.45) is 0 Å². The number of carbonyl (C=O) groups is 1. The Bertz CT molecular complexity index is 476. The molecule has 6 heteroatoms. The van der Waals surface area contributed by atoms with Crippen LogP contribution in [-0.4, -0.2) is 31.8 Å². The molecular weight excluding hydrogens is 270 g/mol. The predicted octanol–water partition coefficient (Wildman–Crippen LogP) is 2.26. The first-order valence-electron chi connectivity index (χ1n) is 5.54. The number of hydrogen-bond donors (Lipinski definition) is 2. The molecular formula is C13H16ClNO4. The summed E-state index contributed by atoms with van der Waals surface area (Å²) in [7, 11) is 2.93. The average molecular weight is 286 g/mol. The van der Waals surface area contributed by atoms with Crippen LogP contribution in [0.2, 0.25) is 5.02 Å². The minimum Gasteiger partial charge on any atom is -0.493 e. The van der Waals surface area contributed by atoms with Crippen molar-refractivity contribution in [3.8, 4) is 11.5 Å². The fraction of sp³-hybridized carbons (Fsp3) is 0.308. The molecule has 0 fully saturated rings. The maximum atomic E-state index is 11.3. The summed E-state index contributed by atoms with van der Waals surface area (Å²) >= 11 is 6.18. The summed E-state index contributed by atoms with van der Waals surface area (Å²) in [6.07, 6.45) is 1.57. The molecule has 0 saturated carbocycles. The Morgan fingerprint density at radius 3 is 2.68 bits per heavy atom. The van der Waals surface area contributed by atoms with Crippen molar-refractivity contribution in [2.75, 3.05) is 20.8 Å². The first kappa shape index (κ1) is 15.3. The molecule has 0 saturated heterocycles. The SMILES string of the molecule is C=CCNC(C(=O)O)c1ccc(OC)c(OC)c1Cl. The second kappa shape index (κ2) is 7.01. The molecule has 0 heterocycles. The van der Waals surface area contributed by atoms with Crippen LogP contribution in [0.3, 0.4) is 0 Å². The first-order chi connectivity index (χ1) is 9.06. The van der Waals surface area contributed by atoms with Crippen molar-refractivity contribution in [3.05, 3.63) is 35.4 Å². The van der Waals surface area contributed by atoms with E-state index >= 15 is 0 Å². The number of carboxylic acids is 1. The largest absolute Gasteiger partial charge is 0.493 e. The third kappa shape index (κ3) is 3.39. The molecule has 0 amide bonds. The number of benzene rings is 1. The van der Waals surface area contributed by atoms with Gasteiger partial charge < -0.3 is 14.6 Å². The summed E-state index contributed by atoms with van der Waals surface area (Å²) in [4.78, 5) is 11.3. The van der Waals surface area contributed by atoms with Crippen molar-refractivity contribution < 1.29 is 19.4 Å². The normalized spacial score (nSPS) is 11.7. The first-order valence-corrected chi connectivity index (χ1v) is 5.92. The van der Waals surface area contributed by atoms with Gasteiger partial charge >= 0.3 is 5.97 Å². The van der Waals surface area contributed by atoms with Gasteiger partial charge in [0.05, 0.1) is 19.2 Å². The van der Waals surface area contributed by atoms with Gasteiger partial charge in [-0.1, -0.05) is 23.7 Å². The van der Waals surface area contributed by atoms with E-state index in [0.29, 0.717) is 23.6 Å². The molecule has 1 atom stereocenters. The summed E-state index contributed by atoms with van der Waals surface area (Å²) in [5, 5.41) is 12.3. The van der Waals surface area contributed by atoms with Crippen LogP contribution in [0.4, 0.5) is 0 Å².